The van der Waals surface area contributed by atoms with E-state index in [1.165, 1.54) is 17.0 Å². The molecule has 174 valence electrons. The van der Waals surface area contributed by atoms with Crippen LogP contribution in [0.25, 0.3) is 33.6 Å². The van der Waals surface area contributed by atoms with Crippen molar-refractivity contribution in [1.29, 1.82) is 0 Å². The zero-order valence-corrected chi connectivity index (χ0v) is 17.8. The average molecular weight is 471 g/mol. The van der Waals surface area contributed by atoms with Gasteiger partial charge >= 0.3 is 6.18 Å². The lowest BCUT2D eigenvalue weighted by atomic mass is 10.0. The Morgan fingerprint density at radius 1 is 1.15 bits per heavy atom. The van der Waals surface area contributed by atoms with Crippen molar-refractivity contribution in [2.24, 2.45) is 0 Å². The molecule has 1 amide bonds. The van der Waals surface area contributed by atoms with Crippen LogP contribution in [-0.2, 0) is 11.0 Å². The number of hydrogen-bond acceptors (Lipinski definition) is 5. The van der Waals surface area contributed by atoms with Crippen molar-refractivity contribution in [3.8, 4) is 22.7 Å². The molecule has 0 spiro atoms. The van der Waals surface area contributed by atoms with Crippen molar-refractivity contribution >= 4 is 16.8 Å². The van der Waals surface area contributed by atoms with Crippen LogP contribution in [0.4, 0.5) is 17.6 Å². The number of halogens is 4. The van der Waals surface area contributed by atoms with E-state index < -0.39 is 23.5 Å². The Kier molecular flexibility index (Phi) is 4.99. The van der Waals surface area contributed by atoms with Crippen LogP contribution in [0.15, 0.2) is 59.4 Å². The van der Waals surface area contributed by atoms with E-state index in [0.717, 1.165) is 12.1 Å². The first kappa shape index (κ1) is 21.8. The number of nitrogens with zero attached hydrogens (tertiary/aromatic N) is 5. The van der Waals surface area contributed by atoms with Crippen LogP contribution >= 0.6 is 0 Å². The summed E-state index contributed by atoms with van der Waals surface area (Å²) in [5.74, 6) is -1.14. The van der Waals surface area contributed by atoms with Crippen LogP contribution < -0.4 is 0 Å². The molecule has 1 aliphatic heterocycles. The second kappa shape index (κ2) is 7.79. The third kappa shape index (κ3) is 3.62. The number of benzene rings is 2. The zero-order chi connectivity index (χ0) is 24.2. The second-order valence-electron chi connectivity index (χ2n) is 7.99. The van der Waals surface area contributed by atoms with Crippen LogP contribution in [0.3, 0.4) is 0 Å². The highest BCUT2D eigenvalue weighted by molar-refractivity contribution is 6.00. The van der Waals surface area contributed by atoms with E-state index in [2.05, 4.69) is 16.7 Å². The maximum absolute atomic E-state index is 13.3. The van der Waals surface area contributed by atoms with Gasteiger partial charge in [0.1, 0.15) is 5.69 Å². The Morgan fingerprint density at radius 3 is 2.44 bits per heavy atom. The zero-order valence-electron chi connectivity index (χ0n) is 17.8. The monoisotopic (exact) mass is 471 g/mol. The molecule has 0 atom stereocenters. The van der Waals surface area contributed by atoms with Crippen LogP contribution in [0.2, 0.25) is 0 Å². The summed E-state index contributed by atoms with van der Waals surface area (Å²) in [5, 5.41) is 9.19. The van der Waals surface area contributed by atoms with Gasteiger partial charge in [-0.1, -0.05) is 36.0 Å². The summed E-state index contributed by atoms with van der Waals surface area (Å²) in [6, 6.07) is 9.77. The van der Waals surface area contributed by atoms with E-state index in [4.69, 9.17) is 9.62 Å². The van der Waals surface area contributed by atoms with Gasteiger partial charge in [-0.2, -0.15) is 23.3 Å². The summed E-state index contributed by atoms with van der Waals surface area (Å²) in [7, 11) is 0. The Hall–Kier alpha value is -4.02. The molecular formula is C23H17F4N5O2. The summed E-state index contributed by atoms with van der Waals surface area (Å²) in [6.07, 6.45) is -4.45. The topological polar surface area (TPSA) is 77.1 Å². The van der Waals surface area contributed by atoms with E-state index in [9.17, 15) is 22.4 Å². The SMILES string of the molecule is C=C(F)C(=O)N1CC(n2nc(-c3ccc(C(F)(F)F)cc3)c3cccc(-c4nc(C)no4)c32)C1. The Balaban J connectivity index is 1.63. The number of carbonyl (C=O) groups is 1. The molecule has 0 unspecified atom stereocenters. The van der Waals surface area contributed by atoms with Crippen molar-refractivity contribution < 1.29 is 26.9 Å². The first-order valence-corrected chi connectivity index (χ1v) is 10.3. The minimum atomic E-state index is -4.45. The van der Waals surface area contributed by atoms with Gasteiger partial charge < -0.3 is 9.42 Å². The summed E-state index contributed by atoms with van der Waals surface area (Å²) < 4.78 is 59.4. The number of hydrogen-bond donors (Lipinski definition) is 0. The fourth-order valence-corrected chi connectivity index (χ4v) is 4.01. The number of aryl methyl sites for hydroxylation is 1. The number of para-hydroxylation sites is 1. The van der Waals surface area contributed by atoms with Gasteiger partial charge in [-0.25, -0.2) is 4.39 Å². The van der Waals surface area contributed by atoms with E-state index in [1.807, 2.05) is 0 Å². The largest absolute Gasteiger partial charge is 0.416 e. The van der Waals surface area contributed by atoms with Crippen molar-refractivity contribution in [3.63, 3.8) is 0 Å². The lowest BCUT2D eigenvalue weighted by Crippen LogP contribution is -2.51. The molecule has 4 aromatic rings. The average Bonchev–Trinajstić information content (AvgIpc) is 3.36. The van der Waals surface area contributed by atoms with Gasteiger partial charge in [0.25, 0.3) is 11.8 Å². The van der Waals surface area contributed by atoms with E-state index in [0.29, 0.717) is 33.5 Å². The number of carbonyl (C=O) groups excluding carboxylic acids is 1. The molecule has 7 nitrogen and oxygen atoms in total. The van der Waals surface area contributed by atoms with Gasteiger partial charge in [0.05, 0.1) is 22.7 Å². The molecule has 0 aliphatic carbocycles. The molecule has 2 aromatic heterocycles. The minimum Gasteiger partial charge on any atom is -0.334 e. The number of likely N-dealkylation sites (tertiary alicyclic amines) is 1. The number of amides is 1. The van der Waals surface area contributed by atoms with Crippen molar-refractivity contribution in [2.75, 3.05) is 13.1 Å². The maximum Gasteiger partial charge on any atom is 0.416 e. The fourth-order valence-electron chi connectivity index (χ4n) is 4.01. The van der Waals surface area contributed by atoms with Gasteiger partial charge in [-0.05, 0) is 25.1 Å². The van der Waals surface area contributed by atoms with Gasteiger partial charge in [0.15, 0.2) is 11.7 Å². The molecular weight excluding hydrogens is 454 g/mol. The fraction of sp³-hybridized carbons (Fsp3) is 0.217. The summed E-state index contributed by atoms with van der Waals surface area (Å²) in [5.41, 5.74) is 1.39. The summed E-state index contributed by atoms with van der Waals surface area (Å²) in [4.78, 5) is 17.5. The van der Waals surface area contributed by atoms with Gasteiger partial charge in [0.2, 0.25) is 0 Å². The predicted molar refractivity (Wildman–Crippen MR) is 114 cm³/mol. The molecule has 2 aromatic carbocycles. The van der Waals surface area contributed by atoms with E-state index in [1.54, 1.807) is 29.8 Å². The maximum atomic E-state index is 13.3. The Morgan fingerprint density at radius 2 is 1.85 bits per heavy atom. The van der Waals surface area contributed by atoms with Gasteiger partial charge in [-0.15, -0.1) is 0 Å². The Bertz CT molecular complexity index is 1420. The third-order valence-electron chi connectivity index (χ3n) is 5.70. The highest BCUT2D eigenvalue weighted by Crippen LogP contribution is 2.38. The molecule has 1 aliphatic rings. The molecule has 3 heterocycles. The van der Waals surface area contributed by atoms with Crippen LogP contribution in [0.1, 0.15) is 17.4 Å². The molecule has 0 bridgehead atoms. The number of aromatic nitrogens is 4. The number of fused-ring (bicyclic) bond motifs is 1. The smallest absolute Gasteiger partial charge is 0.334 e. The molecule has 0 saturated carbocycles. The van der Waals surface area contributed by atoms with Gasteiger partial charge in [-0.3, -0.25) is 9.48 Å². The molecule has 5 rings (SSSR count). The van der Waals surface area contributed by atoms with Crippen molar-refractivity contribution in [3.05, 3.63) is 66.3 Å². The van der Waals surface area contributed by atoms with Crippen LogP contribution in [0.5, 0.6) is 0 Å². The molecule has 0 N–H and O–H groups in total. The lowest BCUT2D eigenvalue weighted by molar-refractivity contribution is -0.137. The minimum absolute atomic E-state index is 0.197. The van der Waals surface area contributed by atoms with Crippen LogP contribution in [0, 0.1) is 6.92 Å². The van der Waals surface area contributed by atoms with Crippen molar-refractivity contribution in [1.82, 2.24) is 24.8 Å². The Labute approximate surface area is 190 Å². The highest BCUT2D eigenvalue weighted by Gasteiger charge is 2.36. The standard InChI is InChI=1S/C23H17F4N5O2/c1-12(24)22(33)31-10-16(11-31)32-20-17(4-3-5-18(20)21-28-13(2)30-34-21)19(29-32)14-6-8-15(9-7-14)23(25,26)27/h3-9,16H,1,10-11H2,2H3. The van der Waals surface area contributed by atoms with E-state index in [-0.39, 0.29) is 25.0 Å². The highest BCUT2D eigenvalue weighted by atomic mass is 19.4. The van der Waals surface area contributed by atoms with Crippen molar-refractivity contribution in [2.45, 2.75) is 19.1 Å². The first-order valence-electron chi connectivity index (χ1n) is 10.3. The summed E-state index contributed by atoms with van der Waals surface area (Å²) in [6.45, 7) is 5.11. The molecule has 1 fully saturated rings. The van der Waals surface area contributed by atoms with Gasteiger partial charge in [0, 0.05) is 24.0 Å². The molecule has 1 saturated heterocycles. The lowest BCUT2D eigenvalue weighted by Gasteiger charge is -2.39. The number of rotatable bonds is 4. The molecule has 11 heteroatoms. The van der Waals surface area contributed by atoms with E-state index >= 15 is 0 Å². The molecule has 34 heavy (non-hydrogen) atoms. The summed E-state index contributed by atoms with van der Waals surface area (Å²) >= 11 is 0. The number of alkyl halides is 3. The molecule has 0 radical (unpaired) electrons. The third-order valence-corrected chi connectivity index (χ3v) is 5.70. The predicted octanol–water partition coefficient (Wildman–Crippen LogP) is 4.95. The quantitative estimate of drug-likeness (QED) is 0.311. The normalized spacial score (nSPS) is 14.4. The second-order valence-corrected chi connectivity index (χ2v) is 7.99. The van der Waals surface area contributed by atoms with Crippen LogP contribution in [-0.4, -0.2) is 43.8 Å². The first-order chi connectivity index (χ1) is 16.1.